The quantitative estimate of drug-likeness (QED) is 0.771. The molecule has 23 heavy (non-hydrogen) atoms. The van der Waals surface area contributed by atoms with E-state index in [9.17, 15) is 4.79 Å². The van der Waals surface area contributed by atoms with Gasteiger partial charge in [0, 0.05) is 37.9 Å². The molecule has 1 rings (SSSR count). The lowest BCUT2D eigenvalue weighted by molar-refractivity contribution is 0.0521. The van der Waals surface area contributed by atoms with Crippen molar-refractivity contribution in [3.63, 3.8) is 0 Å². The molecule has 0 fully saturated rings. The summed E-state index contributed by atoms with van der Waals surface area (Å²) in [5.41, 5.74) is 1.75. The molecule has 0 aliphatic heterocycles. The van der Waals surface area contributed by atoms with E-state index in [1.54, 1.807) is 0 Å². The van der Waals surface area contributed by atoms with Gasteiger partial charge >= 0.3 is 6.09 Å². The van der Waals surface area contributed by atoms with Crippen LogP contribution in [0.1, 0.15) is 58.2 Å². The molecule has 1 aromatic heterocycles. The summed E-state index contributed by atoms with van der Waals surface area (Å²) in [5.74, 6) is 0. The molecular formula is C17H32N4O2. The zero-order valence-electron chi connectivity index (χ0n) is 15.4. The summed E-state index contributed by atoms with van der Waals surface area (Å²) < 4.78 is 7.11. The fourth-order valence-electron chi connectivity index (χ4n) is 2.32. The molecule has 1 aromatic rings. The maximum atomic E-state index is 11.8. The Morgan fingerprint density at radius 3 is 2.65 bits per heavy atom. The van der Waals surface area contributed by atoms with Crippen molar-refractivity contribution in [2.45, 2.75) is 72.1 Å². The Kier molecular flexibility index (Phi) is 7.55. The first-order valence-electron chi connectivity index (χ1n) is 8.40. The van der Waals surface area contributed by atoms with Gasteiger partial charge < -0.3 is 15.4 Å². The third-order valence-electron chi connectivity index (χ3n) is 3.49. The summed E-state index contributed by atoms with van der Waals surface area (Å²) in [6.45, 7) is 11.1. The van der Waals surface area contributed by atoms with E-state index in [0.717, 1.165) is 31.5 Å². The van der Waals surface area contributed by atoms with E-state index in [0.29, 0.717) is 6.54 Å². The second-order valence-electron chi connectivity index (χ2n) is 7.02. The number of aromatic nitrogens is 2. The lowest BCUT2D eigenvalue weighted by atomic mass is 10.1. The third kappa shape index (κ3) is 8.02. The van der Waals surface area contributed by atoms with Crippen LogP contribution in [0.5, 0.6) is 0 Å². The van der Waals surface area contributed by atoms with E-state index in [-0.39, 0.29) is 12.1 Å². The van der Waals surface area contributed by atoms with Crippen LogP contribution in [-0.4, -0.2) is 34.1 Å². The zero-order chi connectivity index (χ0) is 17.5. The monoisotopic (exact) mass is 324 g/mol. The third-order valence-corrected chi connectivity index (χ3v) is 3.49. The van der Waals surface area contributed by atoms with Crippen molar-refractivity contribution in [2.24, 2.45) is 7.05 Å². The Hall–Kier alpha value is -1.56. The van der Waals surface area contributed by atoms with Gasteiger partial charge in [0.2, 0.25) is 0 Å². The van der Waals surface area contributed by atoms with Crippen LogP contribution in [0.4, 0.5) is 4.79 Å². The van der Waals surface area contributed by atoms with E-state index in [4.69, 9.17) is 4.74 Å². The Labute approximate surface area is 140 Å². The average molecular weight is 324 g/mol. The molecule has 0 aliphatic rings. The van der Waals surface area contributed by atoms with Gasteiger partial charge in [0.05, 0.1) is 5.69 Å². The summed E-state index contributed by atoms with van der Waals surface area (Å²) >= 11 is 0. The van der Waals surface area contributed by atoms with Crippen LogP contribution >= 0.6 is 0 Å². The SMILES string of the molecule is CCCCC(CNC(=O)OC(C)(C)C)NCc1cn(C)nc1C. The number of amides is 1. The van der Waals surface area contributed by atoms with Gasteiger partial charge in [-0.15, -0.1) is 0 Å². The summed E-state index contributed by atoms with van der Waals surface area (Å²) in [7, 11) is 1.93. The highest BCUT2D eigenvalue weighted by atomic mass is 16.6. The molecule has 1 heterocycles. The molecule has 6 nitrogen and oxygen atoms in total. The van der Waals surface area contributed by atoms with Gasteiger partial charge in [0.25, 0.3) is 0 Å². The topological polar surface area (TPSA) is 68.2 Å². The molecule has 0 spiro atoms. The molecule has 1 amide bonds. The molecule has 1 atom stereocenters. The second-order valence-corrected chi connectivity index (χ2v) is 7.02. The first-order valence-corrected chi connectivity index (χ1v) is 8.40. The van der Waals surface area contributed by atoms with Crippen LogP contribution in [-0.2, 0) is 18.3 Å². The molecule has 2 N–H and O–H groups in total. The predicted octanol–water partition coefficient (Wildman–Crippen LogP) is 2.90. The van der Waals surface area contributed by atoms with Crippen LogP contribution in [0.3, 0.4) is 0 Å². The molecule has 0 bridgehead atoms. The van der Waals surface area contributed by atoms with E-state index in [1.807, 2.05) is 45.6 Å². The minimum Gasteiger partial charge on any atom is -0.444 e. The van der Waals surface area contributed by atoms with Crippen molar-refractivity contribution in [3.8, 4) is 0 Å². The van der Waals surface area contributed by atoms with Crippen molar-refractivity contribution >= 4 is 6.09 Å². The summed E-state index contributed by atoms with van der Waals surface area (Å²) in [5, 5.41) is 10.7. The van der Waals surface area contributed by atoms with Crippen LogP contribution in [0.2, 0.25) is 0 Å². The Balaban J connectivity index is 2.48. The molecule has 0 saturated heterocycles. The molecule has 1 unspecified atom stereocenters. The fourth-order valence-corrected chi connectivity index (χ4v) is 2.32. The number of hydrogen-bond donors (Lipinski definition) is 2. The predicted molar refractivity (Wildman–Crippen MR) is 92.3 cm³/mol. The number of carbonyl (C=O) groups is 1. The molecule has 0 aliphatic carbocycles. The number of aryl methyl sites for hydroxylation is 2. The van der Waals surface area contributed by atoms with Crippen LogP contribution in [0.15, 0.2) is 6.20 Å². The standard InChI is InChI=1S/C17H32N4O2/c1-7-8-9-15(11-19-16(22)23-17(3,4)5)18-10-14-12-21(6)20-13(14)2/h12,15,18H,7-11H2,1-6H3,(H,19,22). The first-order chi connectivity index (χ1) is 10.7. The van der Waals surface area contributed by atoms with E-state index in [2.05, 4.69) is 22.7 Å². The number of carbonyl (C=O) groups excluding carboxylic acids is 1. The minimum atomic E-state index is -0.469. The lowest BCUT2D eigenvalue weighted by Gasteiger charge is -2.22. The molecule has 132 valence electrons. The van der Waals surface area contributed by atoms with Crippen LogP contribution < -0.4 is 10.6 Å². The van der Waals surface area contributed by atoms with Gasteiger partial charge in [-0.3, -0.25) is 4.68 Å². The summed E-state index contributed by atoms with van der Waals surface area (Å²) in [6, 6.07) is 0.224. The molecule has 0 radical (unpaired) electrons. The van der Waals surface area contributed by atoms with E-state index >= 15 is 0 Å². The van der Waals surface area contributed by atoms with Crippen molar-refractivity contribution in [1.29, 1.82) is 0 Å². The summed E-state index contributed by atoms with van der Waals surface area (Å²) in [4.78, 5) is 11.8. The molecular weight excluding hydrogens is 292 g/mol. The van der Waals surface area contributed by atoms with E-state index < -0.39 is 5.60 Å². The van der Waals surface area contributed by atoms with Crippen molar-refractivity contribution in [2.75, 3.05) is 6.54 Å². The van der Waals surface area contributed by atoms with Gasteiger partial charge in [-0.25, -0.2) is 4.79 Å². The fraction of sp³-hybridized carbons (Fsp3) is 0.765. The van der Waals surface area contributed by atoms with Crippen LogP contribution in [0, 0.1) is 6.92 Å². The highest BCUT2D eigenvalue weighted by molar-refractivity contribution is 5.67. The zero-order valence-corrected chi connectivity index (χ0v) is 15.4. The van der Waals surface area contributed by atoms with Gasteiger partial charge in [-0.05, 0) is 34.1 Å². The number of unbranched alkanes of at least 4 members (excludes halogenated alkanes) is 1. The first kappa shape index (κ1) is 19.5. The number of nitrogens with zero attached hydrogens (tertiary/aromatic N) is 2. The maximum Gasteiger partial charge on any atom is 0.407 e. The van der Waals surface area contributed by atoms with Gasteiger partial charge in [0.1, 0.15) is 5.60 Å². The van der Waals surface area contributed by atoms with Gasteiger partial charge in [-0.2, -0.15) is 5.10 Å². The minimum absolute atomic E-state index is 0.224. The molecule has 0 aromatic carbocycles. The van der Waals surface area contributed by atoms with Crippen molar-refractivity contribution < 1.29 is 9.53 Å². The van der Waals surface area contributed by atoms with Gasteiger partial charge in [0.15, 0.2) is 0 Å². The van der Waals surface area contributed by atoms with Crippen LogP contribution in [0.25, 0.3) is 0 Å². The Morgan fingerprint density at radius 1 is 1.43 bits per heavy atom. The lowest BCUT2D eigenvalue weighted by Crippen LogP contribution is -2.42. The number of alkyl carbamates (subject to hydrolysis) is 1. The number of hydrogen-bond acceptors (Lipinski definition) is 4. The molecule has 6 heteroatoms. The number of ether oxygens (including phenoxy) is 1. The summed E-state index contributed by atoms with van der Waals surface area (Å²) in [6.07, 6.45) is 4.95. The normalized spacial score (nSPS) is 13.0. The Morgan fingerprint density at radius 2 is 2.13 bits per heavy atom. The second kappa shape index (κ2) is 8.91. The highest BCUT2D eigenvalue weighted by Crippen LogP contribution is 2.08. The van der Waals surface area contributed by atoms with E-state index in [1.165, 1.54) is 5.56 Å². The largest absolute Gasteiger partial charge is 0.444 e. The Bertz CT molecular complexity index is 491. The average Bonchev–Trinajstić information content (AvgIpc) is 2.74. The maximum absolute atomic E-state index is 11.8. The molecule has 0 saturated carbocycles. The smallest absolute Gasteiger partial charge is 0.407 e. The van der Waals surface area contributed by atoms with Crippen molar-refractivity contribution in [1.82, 2.24) is 20.4 Å². The number of rotatable bonds is 8. The van der Waals surface area contributed by atoms with Gasteiger partial charge in [-0.1, -0.05) is 19.8 Å². The number of nitrogens with one attached hydrogen (secondary N) is 2. The van der Waals surface area contributed by atoms with Crippen molar-refractivity contribution in [3.05, 3.63) is 17.5 Å². The highest BCUT2D eigenvalue weighted by Gasteiger charge is 2.17.